The van der Waals surface area contributed by atoms with E-state index in [-0.39, 0.29) is 23.3 Å². The average Bonchev–Trinajstić information content (AvgIpc) is 2.40. The molecule has 0 radical (unpaired) electrons. The van der Waals surface area contributed by atoms with Gasteiger partial charge >= 0.3 is 5.69 Å². The number of benzene rings is 2. The van der Waals surface area contributed by atoms with E-state index in [9.17, 15) is 10.1 Å². The van der Waals surface area contributed by atoms with Crippen LogP contribution in [0.25, 0.3) is 0 Å². The Hall–Kier alpha value is -2.76. The number of anilines is 1. The van der Waals surface area contributed by atoms with Gasteiger partial charge in [-0.15, -0.1) is 0 Å². The Morgan fingerprint density at radius 3 is 2.29 bits per heavy atom. The van der Waals surface area contributed by atoms with Gasteiger partial charge in [-0.2, -0.15) is 0 Å². The Morgan fingerprint density at radius 2 is 1.71 bits per heavy atom. The van der Waals surface area contributed by atoms with Gasteiger partial charge in [-0.25, -0.2) is 0 Å². The van der Waals surface area contributed by atoms with Crippen LogP contribution in [0.3, 0.4) is 0 Å². The van der Waals surface area contributed by atoms with E-state index in [0.717, 1.165) is 0 Å². The van der Waals surface area contributed by atoms with Crippen molar-refractivity contribution in [1.29, 1.82) is 0 Å². The lowest BCUT2D eigenvalue weighted by atomic mass is 10.2. The number of nitrogens with two attached hydrogens (primary N) is 1. The van der Waals surface area contributed by atoms with Crippen LogP contribution in [0.4, 0.5) is 11.4 Å². The Balaban J connectivity index is 2.38. The zero-order chi connectivity index (χ0) is 15.4. The summed E-state index contributed by atoms with van der Waals surface area (Å²) in [5.74, 6) is 0.778. The first-order valence-corrected chi connectivity index (χ1v) is 6.45. The number of nitro groups is 1. The van der Waals surface area contributed by atoms with Gasteiger partial charge in [-0.3, -0.25) is 10.1 Å². The van der Waals surface area contributed by atoms with Crippen LogP contribution in [0.2, 0.25) is 0 Å². The monoisotopic (exact) mass is 288 g/mol. The van der Waals surface area contributed by atoms with Gasteiger partial charge in [0, 0.05) is 5.69 Å². The second-order valence-corrected chi connectivity index (χ2v) is 4.70. The van der Waals surface area contributed by atoms with Crippen LogP contribution in [0.1, 0.15) is 13.8 Å². The highest BCUT2D eigenvalue weighted by molar-refractivity contribution is 5.58. The third-order valence-corrected chi connectivity index (χ3v) is 2.62. The summed E-state index contributed by atoms with van der Waals surface area (Å²) >= 11 is 0. The molecule has 0 unspecified atom stereocenters. The molecule has 2 aromatic rings. The molecule has 110 valence electrons. The minimum atomic E-state index is -0.510. The molecule has 0 aromatic heterocycles. The lowest BCUT2D eigenvalue weighted by Crippen LogP contribution is -2.07. The highest BCUT2D eigenvalue weighted by atomic mass is 16.6. The standard InChI is InChI=1S/C15H16N2O4/c1-10(2)20-13-4-3-5-14(15(13)17(18)19)21-12-8-6-11(16)7-9-12/h3-10H,16H2,1-2H3. The van der Waals surface area contributed by atoms with Crippen LogP contribution < -0.4 is 15.2 Å². The summed E-state index contributed by atoms with van der Waals surface area (Å²) in [6.45, 7) is 3.61. The van der Waals surface area contributed by atoms with Crippen molar-refractivity contribution < 1.29 is 14.4 Å². The number of para-hydroxylation sites is 1. The highest BCUT2D eigenvalue weighted by Gasteiger charge is 2.23. The summed E-state index contributed by atoms with van der Waals surface area (Å²) in [6, 6.07) is 11.3. The largest absolute Gasteiger partial charge is 0.484 e. The van der Waals surface area contributed by atoms with E-state index in [1.807, 2.05) is 0 Å². The van der Waals surface area contributed by atoms with Crippen LogP contribution in [-0.4, -0.2) is 11.0 Å². The fraction of sp³-hybridized carbons (Fsp3) is 0.200. The first-order chi connectivity index (χ1) is 9.97. The number of ether oxygens (including phenoxy) is 2. The van der Waals surface area contributed by atoms with Crippen LogP contribution in [0.15, 0.2) is 42.5 Å². The van der Waals surface area contributed by atoms with Crippen molar-refractivity contribution in [2.75, 3.05) is 5.73 Å². The Bertz CT molecular complexity index is 639. The van der Waals surface area contributed by atoms with Gasteiger partial charge in [0.15, 0.2) is 0 Å². The third kappa shape index (κ3) is 3.62. The first-order valence-electron chi connectivity index (χ1n) is 6.45. The molecule has 2 rings (SSSR count). The van der Waals surface area contributed by atoms with Crippen LogP contribution in [-0.2, 0) is 0 Å². The molecule has 0 heterocycles. The van der Waals surface area contributed by atoms with Crippen LogP contribution >= 0.6 is 0 Å². The summed E-state index contributed by atoms with van der Waals surface area (Å²) in [6.07, 6.45) is -0.171. The summed E-state index contributed by atoms with van der Waals surface area (Å²) in [4.78, 5) is 10.8. The number of hydrogen-bond donors (Lipinski definition) is 1. The molecule has 0 fully saturated rings. The minimum Gasteiger partial charge on any atom is -0.484 e. The SMILES string of the molecule is CC(C)Oc1cccc(Oc2ccc(N)cc2)c1[N+](=O)[O-]. The Kier molecular flexibility index (Phi) is 4.27. The van der Waals surface area contributed by atoms with Crippen molar-refractivity contribution in [1.82, 2.24) is 0 Å². The van der Waals surface area contributed by atoms with Gasteiger partial charge < -0.3 is 15.2 Å². The average molecular weight is 288 g/mol. The molecule has 0 saturated carbocycles. The lowest BCUT2D eigenvalue weighted by molar-refractivity contribution is -0.386. The molecular formula is C15H16N2O4. The third-order valence-electron chi connectivity index (χ3n) is 2.62. The predicted octanol–water partition coefficient (Wildman–Crippen LogP) is 3.76. The number of hydrogen-bond acceptors (Lipinski definition) is 5. The smallest absolute Gasteiger partial charge is 0.352 e. The maximum atomic E-state index is 11.3. The van der Waals surface area contributed by atoms with Crippen LogP contribution in [0, 0.1) is 10.1 Å². The molecule has 0 saturated heterocycles. The highest BCUT2D eigenvalue weighted by Crippen LogP contribution is 2.39. The number of nitrogen functional groups attached to an aromatic ring is 1. The molecule has 0 bridgehead atoms. The van der Waals surface area contributed by atoms with Crippen molar-refractivity contribution >= 4 is 11.4 Å². The van der Waals surface area contributed by atoms with E-state index in [0.29, 0.717) is 11.4 Å². The maximum absolute atomic E-state index is 11.3. The second-order valence-electron chi connectivity index (χ2n) is 4.70. The zero-order valence-corrected chi connectivity index (χ0v) is 11.8. The predicted molar refractivity (Wildman–Crippen MR) is 79.8 cm³/mol. The molecule has 21 heavy (non-hydrogen) atoms. The molecule has 2 aromatic carbocycles. The van der Waals surface area contributed by atoms with Gasteiger partial charge in [-0.05, 0) is 50.2 Å². The van der Waals surface area contributed by atoms with Crippen LogP contribution in [0.5, 0.6) is 17.2 Å². The van der Waals surface area contributed by atoms with E-state index in [2.05, 4.69) is 0 Å². The quantitative estimate of drug-likeness (QED) is 0.514. The van der Waals surface area contributed by atoms with Gasteiger partial charge in [0.2, 0.25) is 11.5 Å². The molecule has 0 aliphatic rings. The van der Waals surface area contributed by atoms with E-state index >= 15 is 0 Å². The molecule has 0 aliphatic carbocycles. The lowest BCUT2D eigenvalue weighted by Gasteiger charge is -2.12. The van der Waals surface area contributed by atoms with Crippen molar-refractivity contribution in [2.45, 2.75) is 20.0 Å². The molecule has 0 spiro atoms. The normalized spacial score (nSPS) is 10.4. The first kappa shape index (κ1) is 14.6. The molecule has 6 nitrogen and oxygen atoms in total. The van der Waals surface area contributed by atoms with Gasteiger partial charge in [0.05, 0.1) is 11.0 Å². The summed E-state index contributed by atoms with van der Waals surface area (Å²) < 4.78 is 11.0. The second kappa shape index (κ2) is 6.13. The Labute approximate surface area is 122 Å². The number of nitro benzene ring substituents is 1. The van der Waals surface area contributed by atoms with Gasteiger partial charge in [-0.1, -0.05) is 6.07 Å². The minimum absolute atomic E-state index is 0.128. The summed E-state index contributed by atoms with van der Waals surface area (Å²) in [7, 11) is 0. The van der Waals surface area contributed by atoms with E-state index in [4.69, 9.17) is 15.2 Å². The summed E-state index contributed by atoms with van der Waals surface area (Å²) in [5.41, 5.74) is 5.99. The van der Waals surface area contributed by atoms with Crippen molar-refractivity contribution in [3.8, 4) is 17.2 Å². The van der Waals surface area contributed by atoms with Crippen molar-refractivity contribution in [2.24, 2.45) is 0 Å². The molecule has 6 heteroatoms. The Morgan fingerprint density at radius 1 is 1.10 bits per heavy atom. The van der Waals surface area contributed by atoms with E-state index in [1.165, 1.54) is 6.07 Å². The van der Waals surface area contributed by atoms with E-state index < -0.39 is 4.92 Å². The molecule has 0 amide bonds. The van der Waals surface area contributed by atoms with Gasteiger partial charge in [0.1, 0.15) is 5.75 Å². The van der Waals surface area contributed by atoms with E-state index in [1.54, 1.807) is 50.2 Å². The molecular weight excluding hydrogens is 272 g/mol. The molecule has 2 N–H and O–H groups in total. The maximum Gasteiger partial charge on any atom is 0.352 e. The molecule has 0 atom stereocenters. The summed E-state index contributed by atoms with van der Waals surface area (Å²) in [5, 5.41) is 11.3. The fourth-order valence-corrected chi connectivity index (χ4v) is 1.78. The number of nitrogens with zero attached hydrogens (tertiary/aromatic N) is 1. The number of rotatable bonds is 5. The zero-order valence-electron chi connectivity index (χ0n) is 11.8. The fourth-order valence-electron chi connectivity index (χ4n) is 1.78. The molecule has 0 aliphatic heterocycles. The van der Waals surface area contributed by atoms with Crippen molar-refractivity contribution in [3.63, 3.8) is 0 Å². The van der Waals surface area contributed by atoms with Gasteiger partial charge in [0.25, 0.3) is 0 Å². The topological polar surface area (TPSA) is 87.6 Å². The van der Waals surface area contributed by atoms with Crippen molar-refractivity contribution in [3.05, 3.63) is 52.6 Å².